The van der Waals surface area contributed by atoms with Gasteiger partial charge in [-0.1, -0.05) is 241 Å². The molecule has 10 rings (SSSR count). The molecule has 70 heavy (non-hydrogen) atoms. The average Bonchev–Trinajstić information content (AvgIpc) is 3.44. The van der Waals surface area contributed by atoms with E-state index < -0.39 is 0 Å². The molecule has 0 spiro atoms. The van der Waals surface area contributed by atoms with Crippen molar-refractivity contribution in [1.29, 1.82) is 0 Å². The molecule has 0 saturated carbocycles. The molecule has 10 aromatic rings. The monoisotopic (exact) mass is 902 g/mol. The fourth-order valence-corrected chi connectivity index (χ4v) is 10.2. The molecule has 0 aromatic heterocycles. The van der Waals surface area contributed by atoms with E-state index in [1.54, 1.807) is 0 Å². The Hall–Kier alpha value is -7.80. The van der Waals surface area contributed by atoms with Crippen molar-refractivity contribution in [2.45, 2.75) is 66.7 Å². The highest BCUT2D eigenvalue weighted by Gasteiger charge is 2.16. The molecule has 0 bridgehead atoms. The number of rotatable bonds is 14. The third-order valence-corrected chi connectivity index (χ3v) is 14.4. The van der Waals surface area contributed by atoms with Crippen LogP contribution in [0.3, 0.4) is 0 Å². The van der Waals surface area contributed by atoms with Gasteiger partial charge >= 0.3 is 0 Å². The zero-order valence-electron chi connectivity index (χ0n) is 41.4. The van der Waals surface area contributed by atoms with Crippen LogP contribution in [0.25, 0.3) is 100 Å². The lowest BCUT2D eigenvalue weighted by atomic mass is 9.87. The maximum atomic E-state index is 2.41. The maximum absolute atomic E-state index is 2.41. The van der Waals surface area contributed by atoms with E-state index in [9.17, 15) is 0 Å². The molecule has 10 aromatic carbocycles. The normalized spacial score (nSPS) is 11.2. The van der Waals surface area contributed by atoms with Crippen molar-refractivity contribution in [2.75, 3.05) is 0 Å². The molecule has 342 valence electrons. The van der Waals surface area contributed by atoms with Crippen LogP contribution in [0.4, 0.5) is 0 Å². The van der Waals surface area contributed by atoms with Gasteiger partial charge < -0.3 is 0 Å². The first-order valence-electron chi connectivity index (χ1n) is 25.5. The summed E-state index contributed by atoms with van der Waals surface area (Å²) in [6, 6.07) is 84.5. The Bertz CT molecular complexity index is 3390. The highest BCUT2D eigenvalue weighted by Crippen LogP contribution is 2.41. The number of hydrogen-bond donors (Lipinski definition) is 0. The Kier molecular flexibility index (Phi) is 13.7. The SMILES string of the molecule is CCc1ccc(-c2ccc(-c3ccc(CC)cc3-c3ccc(-c4cc(-c5ccc(-c6cc(CC)ccc6-c6ccccc6)cc5)cc(-c5cc(CC)ccc5-c5ccccc5)c4)cc3)cc2)c(CC)c1. The van der Waals surface area contributed by atoms with Gasteiger partial charge in [0.15, 0.2) is 0 Å². The van der Waals surface area contributed by atoms with Crippen LogP contribution >= 0.6 is 0 Å². The van der Waals surface area contributed by atoms with E-state index in [1.807, 2.05) is 0 Å². The Morgan fingerprint density at radius 2 is 0.471 bits per heavy atom. The summed E-state index contributed by atoms with van der Waals surface area (Å²) in [4.78, 5) is 0. The molecule has 0 unspecified atom stereocenters. The van der Waals surface area contributed by atoms with Crippen LogP contribution in [-0.4, -0.2) is 0 Å². The van der Waals surface area contributed by atoms with Gasteiger partial charge in [0.05, 0.1) is 0 Å². The van der Waals surface area contributed by atoms with E-state index in [0.29, 0.717) is 0 Å². The van der Waals surface area contributed by atoms with E-state index in [0.717, 1.165) is 32.1 Å². The van der Waals surface area contributed by atoms with Crippen LogP contribution in [0, 0.1) is 0 Å². The summed E-state index contributed by atoms with van der Waals surface area (Å²) < 4.78 is 0. The molecule has 0 saturated heterocycles. The Morgan fingerprint density at radius 1 is 0.186 bits per heavy atom. The molecule has 0 radical (unpaired) electrons. The van der Waals surface area contributed by atoms with Crippen LogP contribution in [0.15, 0.2) is 224 Å². The molecule has 0 nitrogen and oxygen atoms in total. The fraction of sp³-hybridized carbons (Fsp3) is 0.143. The van der Waals surface area contributed by atoms with Gasteiger partial charge in [-0.15, -0.1) is 0 Å². The van der Waals surface area contributed by atoms with Crippen LogP contribution in [0.5, 0.6) is 0 Å². The lowest BCUT2D eigenvalue weighted by Crippen LogP contribution is -1.93. The van der Waals surface area contributed by atoms with E-state index in [1.165, 1.54) is 128 Å². The van der Waals surface area contributed by atoms with Crippen molar-refractivity contribution in [2.24, 2.45) is 0 Å². The van der Waals surface area contributed by atoms with Gasteiger partial charge in [0.25, 0.3) is 0 Å². The summed E-state index contributed by atoms with van der Waals surface area (Å²) >= 11 is 0. The topological polar surface area (TPSA) is 0 Å². The average molecular weight is 903 g/mol. The van der Waals surface area contributed by atoms with Gasteiger partial charge in [0, 0.05) is 0 Å². The minimum absolute atomic E-state index is 0.972. The third kappa shape index (κ3) is 9.61. The number of hydrogen-bond acceptors (Lipinski definition) is 0. The molecular weight excluding hydrogens is 841 g/mol. The lowest BCUT2D eigenvalue weighted by molar-refractivity contribution is 1.09. The first-order valence-corrected chi connectivity index (χ1v) is 25.5. The quantitative estimate of drug-likeness (QED) is 0.102. The molecular formula is C70H62. The smallest absolute Gasteiger partial charge is 0.0102 e. The molecule has 0 aliphatic rings. The van der Waals surface area contributed by atoms with Crippen LogP contribution < -0.4 is 0 Å². The zero-order chi connectivity index (χ0) is 48.0. The van der Waals surface area contributed by atoms with Crippen molar-refractivity contribution in [3.05, 3.63) is 252 Å². The first-order chi connectivity index (χ1) is 34.4. The van der Waals surface area contributed by atoms with E-state index in [-0.39, 0.29) is 0 Å². The van der Waals surface area contributed by atoms with Gasteiger partial charge in [0.2, 0.25) is 0 Å². The molecule has 0 aliphatic heterocycles. The van der Waals surface area contributed by atoms with Crippen LogP contribution in [-0.2, 0) is 32.1 Å². The molecule has 0 N–H and O–H groups in total. The predicted molar refractivity (Wildman–Crippen MR) is 302 cm³/mol. The Labute approximate surface area is 417 Å². The van der Waals surface area contributed by atoms with Gasteiger partial charge in [-0.2, -0.15) is 0 Å². The standard InChI is InChI=1S/C70H62/c1-6-48-21-37-64(52(10-5)41-48)57-33-35-58(36-34-57)67-40-24-50(8-3)43-69(67)60-31-27-54(28-32-60)62-45-61(46-63(47-62)70-44-51(9-4)23-39-66(70)56-19-15-12-16-20-56)53-25-29-59(30-26-53)68-42-49(7-2)22-38-65(68)55-17-13-11-14-18-55/h11-47H,6-10H2,1-5H3. The second-order valence-corrected chi connectivity index (χ2v) is 18.7. The van der Waals surface area contributed by atoms with Gasteiger partial charge in [-0.25, -0.2) is 0 Å². The zero-order valence-corrected chi connectivity index (χ0v) is 41.4. The predicted octanol–water partition coefficient (Wildman–Crippen LogP) is 19.5. The van der Waals surface area contributed by atoms with Crippen molar-refractivity contribution in [3.8, 4) is 100 Å². The summed E-state index contributed by atoms with van der Waals surface area (Å²) in [5.41, 5.74) is 29.1. The third-order valence-electron chi connectivity index (χ3n) is 14.4. The fourth-order valence-electron chi connectivity index (χ4n) is 10.2. The molecule has 0 heterocycles. The lowest BCUT2D eigenvalue weighted by Gasteiger charge is -2.17. The van der Waals surface area contributed by atoms with Crippen molar-refractivity contribution in [3.63, 3.8) is 0 Å². The van der Waals surface area contributed by atoms with Crippen molar-refractivity contribution >= 4 is 0 Å². The summed E-state index contributed by atoms with van der Waals surface area (Å²) in [6.07, 6.45) is 5.03. The van der Waals surface area contributed by atoms with Gasteiger partial charge in [-0.05, 0) is 178 Å². The highest BCUT2D eigenvalue weighted by molar-refractivity contribution is 5.91. The van der Waals surface area contributed by atoms with Crippen LogP contribution in [0.2, 0.25) is 0 Å². The number of benzene rings is 10. The van der Waals surface area contributed by atoms with Crippen LogP contribution in [0.1, 0.15) is 62.4 Å². The molecule has 0 amide bonds. The number of aryl methyl sites for hydroxylation is 5. The summed E-state index contributed by atoms with van der Waals surface area (Å²) in [5, 5.41) is 0. The van der Waals surface area contributed by atoms with Gasteiger partial charge in [0.1, 0.15) is 0 Å². The molecule has 0 heteroatoms. The molecule has 0 atom stereocenters. The van der Waals surface area contributed by atoms with Crippen molar-refractivity contribution in [1.82, 2.24) is 0 Å². The van der Waals surface area contributed by atoms with Gasteiger partial charge in [-0.3, -0.25) is 0 Å². The minimum Gasteiger partial charge on any atom is -0.0622 e. The Morgan fingerprint density at radius 3 is 0.843 bits per heavy atom. The summed E-state index contributed by atoms with van der Waals surface area (Å²) in [6.45, 7) is 11.2. The molecule has 0 fully saturated rings. The van der Waals surface area contributed by atoms with E-state index in [2.05, 4.69) is 259 Å². The van der Waals surface area contributed by atoms with E-state index >= 15 is 0 Å². The van der Waals surface area contributed by atoms with E-state index in [4.69, 9.17) is 0 Å². The largest absolute Gasteiger partial charge is 0.0622 e. The molecule has 0 aliphatic carbocycles. The Balaban J connectivity index is 1.06. The van der Waals surface area contributed by atoms with Crippen molar-refractivity contribution < 1.29 is 0 Å². The summed E-state index contributed by atoms with van der Waals surface area (Å²) in [7, 11) is 0. The second-order valence-electron chi connectivity index (χ2n) is 18.7. The maximum Gasteiger partial charge on any atom is -0.0102 e. The highest BCUT2D eigenvalue weighted by atomic mass is 14.2. The first kappa shape index (κ1) is 46.0. The second kappa shape index (κ2) is 20.8. The minimum atomic E-state index is 0.972. The summed E-state index contributed by atoms with van der Waals surface area (Å²) in [5.74, 6) is 0.